The molecule has 2 fully saturated rings. The van der Waals surface area contributed by atoms with Crippen LogP contribution in [0, 0.1) is 5.92 Å². The summed E-state index contributed by atoms with van der Waals surface area (Å²) in [5.74, 6) is 2.89. The van der Waals surface area contributed by atoms with Gasteiger partial charge in [-0.05, 0) is 0 Å². The number of nitrogens with one attached hydrogen (secondary N) is 1. The van der Waals surface area contributed by atoms with E-state index in [2.05, 4.69) is 5.32 Å². The molecular formula is C8H14N2OS. The van der Waals surface area contributed by atoms with Crippen LogP contribution in [0.25, 0.3) is 0 Å². The van der Waals surface area contributed by atoms with Crippen molar-refractivity contribution in [3.63, 3.8) is 0 Å². The lowest BCUT2D eigenvalue weighted by molar-refractivity contribution is -0.136. The monoisotopic (exact) mass is 186 g/mol. The van der Waals surface area contributed by atoms with Crippen molar-refractivity contribution in [3.05, 3.63) is 0 Å². The van der Waals surface area contributed by atoms with Gasteiger partial charge in [-0.1, -0.05) is 0 Å². The Morgan fingerprint density at radius 1 is 1.33 bits per heavy atom. The van der Waals surface area contributed by atoms with Gasteiger partial charge >= 0.3 is 0 Å². The third kappa shape index (κ3) is 1.59. The van der Waals surface area contributed by atoms with Crippen LogP contribution in [0.2, 0.25) is 0 Å². The number of amides is 1. The normalized spacial score (nSPS) is 25.2. The zero-order valence-electron chi connectivity index (χ0n) is 7.08. The van der Waals surface area contributed by atoms with E-state index < -0.39 is 0 Å². The van der Waals surface area contributed by atoms with Gasteiger partial charge in [0.05, 0.1) is 5.92 Å². The fraction of sp³-hybridized carbons (Fsp3) is 0.875. The maximum atomic E-state index is 11.7. The second kappa shape index (κ2) is 3.66. The number of carbonyl (C=O) groups excluding carboxylic acids is 1. The van der Waals surface area contributed by atoms with Gasteiger partial charge < -0.3 is 10.2 Å². The second-order valence-corrected chi connectivity index (χ2v) is 4.52. The first-order valence-electron chi connectivity index (χ1n) is 4.45. The molecule has 68 valence electrons. The van der Waals surface area contributed by atoms with E-state index >= 15 is 0 Å². The highest BCUT2D eigenvalue weighted by Gasteiger charge is 2.29. The van der Waals surface area contributed by atoms with Gasteiger partial charge in [-0.25, -0.2) is 0 Å². The highest BCUT2D eigenvalue weighted by atomic mass is 32.2. The fourth-order valence-corrected chi connectivity index (χ4v) is 2.41. The summed E-state index contributed by atoms with van der Waals surface area (Å²) in [6, 6.07) is 0. The molecule has 0 radical (unpaired) electrons. The Balaban J connectivity index is 1.84. The predicted molar refractivity (Wildman–Crippen MR) is 50.3 cm³/mol. The van der Waals surface area contributed by atoms with Crippen LogP contribution >= 0.6 is 11.8 Å². The van der Waals surface area contributed by atoms with Gasteiger partial charge in [-0.2, -0.15) is 11.8 Å². The largest absolute Gasteiger partial charge is 0.341 e. The van der Waals surface area contributed by atoms with E-state index in [0.29, 0.717) is 5.91 Å². The minimum absolute atomic E-state index is 0.285. The second-order valence-electron chi connectivity index (χ2n) is 3.29. The molecule has 2 rings (SSSR count). The van der Waals surface area contributed by atoms with Crippen molar-refractivity contribution in [2.45, 2.75) is 0 Å². The maximum absolute atomic E-state index is 11.7. The van der Waals surface area contributed by atoms with Crippen LogP contribution < -0.4 is 5.32 Å². The molecule has 0 aromatic rings. The lowest BCUT2D eigenvalue weighted by Crippen LogP contribution is -2.53. The standard InChI is InChI=1S/C8H14N2OS/c11-8(7-5-9-6-7)10-1-3-12-4-2-10/h7,9H,1-6H2. The summed E-state index contributed by atoms with van der Waals surface area (Å²) in [7, 11) is 0. The first-order chi connectivity index (χ1) is 5.88. The molecule has 2 heterocycles. The minimum Gasteiger partial charge on any atom is -0.341 e. The third-order valence-corrected chi connectivity index (χ3v) is 3.40. The molecule has 0 aliphatic carbocycles. The van der Waals surface area contributed by atoms with Crippen molar-refractivity contribution < 1.29 is 4.79 Å². The average Bonchev–Trinajstić information content (AvgIpc) is 2.03. The molecule has 4 heteroatoms. The molecule has 0 aromatic carbocycles. The van der Waals surface area contributed by atoms with Crippen molar-refractivity contribution in [3.8, 4) is 0 Å². The zero-order valence-corrected chi connectivity index (χ0v) is 7.90. The fourth-order valence-electron chi connectivity index (χ4n) is 1.51. The number of hydrogen-bond acceptors (Lipinski definition) is 3. The Morgan fingerprint density at radius 3 is 2.50 bits per heavy atom. The Morgan fingerprint density at radius 2 is 2.00 bits per heavy atom. The Hall–Kier alpha value is -0.220. The number of hydrogen-bond donors (Lipinski definition) is 1. The molecule has 0 unspecified atom stereocenters. The van der Waals surface area contributed by atoms with E-state index in [0.717, 1.165) is 37.7 Å². The van der Waals surface area contributed by atoms with Crippen LogP contribution in [-0.2, 0) is 4.79 Å². The lowest BCUT2D eigenvalue weighted by atomic mass is 10.0. The van der Waals surface area contributed by atoms with Gasteiger partial charge in [0.2, 0.25) is 5.91 Å². The van der Waals surface area contributed by atoms with E-state index in [9.17, 15) is 4.79 Å². The van der Waals surface area contributed by atoms with Crippen molar-refractivity contribution in [2.24, 2.45) is 5.92 Å². The predicted octanol–water partition coefficient (Wildman–Crippen LogP) is -0.219. The number of nitrogens with zero attached hydrogens (tertiary/aromatic N) is 1. The summed E-state index contributed by atoms with van der Waals surface area (Å²) in [4.78, 5) is 13.7. The van der Waals surface area contributed by atoms with Crippen LogP contribution in [-0.4, -0.2) is 48.5 Å². The molecular weight excluding hydrogens is 172 g/mol. The maximum Gasteiger partial charge on any atom is 0.228 e. The van der Waals surface area contributed by atoms with E-state index in [1.165, 1.54) is 0 Å². The first-order valence-corrected chi connectivity index (χ1v) is 5.60. The van der Waals surface area contributed by atoms with E-state index in [4.69, 9.17) is 0 Å². The highest BCUT2D eigenvalue weighted by Crippen LogP contribution is 2.14. The van der Waals surface area contributed by atoms with Gasteiger partial charge in [-0.3, -0.25) is 4.79 Å². The number of rotatable bonds is 1. The van der Waals surface area contributed by atoms with E-state index in [-0.39, 0.29) is 5.92 Å². The van der Waals surface area contributed by atoms with Crippen LogP contribution in [0.4, 0.5) is 0 Å². The molecule has 0 bridgehead atoms. The van der Waals surface area contributed by atoms with Crippen molar-refractivity contribution in [1.82, 2.24) is 10.2 Å². The minimum atomic E-state index is 0.285. The summed E-state index contributed by atoms with van der Waals surface area (Å²) in [5.41, 5.74) is 0. The Kier molecular flexibility index (Phi) is 2.56. The lowest BCUT2D eigenvalue weighted by Gasteiger charge is -2.34. The Bertz CT molecular complexity index is 176. The SMILES string of the molecule is O=C(C1CNC1)N1CCSCC1. The number of carbonyl (C=O) groups is 1. The first kappa shape index (κ1) is 8.38. The molecule has 2 saturated heterocycles. The average molecular weight is 186 g/mol. The van der Waals surface area contributed by atoms with Gasteiger partial charge in [0.25, 0.3) is 0 Å². The van der Waals surface area contributed by atoms with Crippen LogP contribution in [0.15, 0.2) is 0 Å². The van der Waals surface area contributed by atoms with E-state index in [1.54, 1.807) is 0 Å². The molecule has 0 spiro atoms. The molecule has 12 heavy (non-hydrogen) atoms. The Labute approximate surface area is 76.9 Å². The molecule has 0 saturated carbocycles. The topological polar surface area (TPSA) is 32.3 Å². The quantitative estimate of drug-likeness (QED) is 0.614. The van der Waals surface area contributed by atoms with Crippen molar-refractivity contribution >= 4 is 17.7 Å². The molecule has 2 aliphatic rings. The molecule has 2 aliphatic heterocycles. The van der Waals surface area contributed by atoms with E-state index in [1.807, 2.05) is 16.7 Å². The van der Waals surface area contributed by atoms with Crippen molar-refractivity contribution in [1.29, 1.82) is 0 Å². The smallest absolute Gasteiger partial charge is 0.228 e. The molecule has 0 atom stereocenters. The van der Waals surface area contributed by atoms with Gasteiger partial charge in [-0.15, -0.1) is 0 Å². The molecule has 1 N–H and O–H groups in total. The zero-order chi connectivity index (χ0) is 8.39. The molecule has 0 aromatic heterocycles. The summed E-state index contributed by atoms with van der Waals surface area (Å²) >= 11 is 1.94. The summed E-state index contributed by atoms with van der Waals surface area (Å²) in [6.07, 6.45) is 0. The van der Waals surface area contributed by atoms with Crippen molar-refractivity contribution in [2.75, 3.05) is 37.7 Å². The summed E-state index contributed by atoms with van der Waals surface area (Å²) in [6.45, 7) is 3.70. The summed E-state index contributed by atoms with van der Waals surface area (Å²) < 4.78 is 0. The molecule has 1 amide bonds. The third-order valence-electron chi connectivity index (χ3n) is 2.45. The van der Waals surface area contributed by atoms with Gasteiger partial charge in [0.15, 0.2) is 0 Å². The van der Waals surface area contributed by atoms with Gasteiger partial charge in [0.1, 0.15) is 0 Å². The van der Waals surface area contributed by atoms with Crippen LogP contribution in [0.3, 0.4) is 0 Å². The number of thioether (sulfide) groups is 1. The van der Waals surface area contributed by atoms with Crippen LogP contribution in [0.5, 0.6) is 0 Å². The van der Waals surface area contributed by atoms with Crippen LogP contribution in [0.1, 0.15) is 0 Å². The summed E-state index contributed by atoms with van der Waals surface area (Å²) in [5, 5.41) is 3.13. The van der Waals surface area contributed by atoms with Gasteiger partial charge in [0, 0.05) is 37.7 Å². The highest BCUT2D eigenvalue weighted by molar-refractivity contribution is 7.99. The molecule has 3 nitrogen and oxygen atoms in total.